The zero-order valence-corrected chi connectivity index (χ0v) is 19.5. The quantitative estimate of drug-likeness (QED) is 0.485. The molecule has 31 heavy (non-hydrogen) atoms. The largest absolute Gasteiger partial charge is 0.491 e. The Hall–Kier alpha value is -2.58. The fourth-order valence-electron chi connectivity index (χ4n) is 4.72. The summed E-state index contributed by atoms with van der Waals surface area (Å²) in [4.78, 5) is 0. The molecule has 1 aliphatic carbocycles. The van der Waals surface area contributed by atoms with Crippen molar-refractivity contribution in [3.63, 3.8) is 0 Å². The van der Waals surface area contributed by atoms with Gasteiger partial charge < -0.3 is 9.84 Å². The monoisotopic (exact) mass is 414 g/mol. The fraction of sp³-hybridized carbons (Fsp3) is 0.379. The van der Waals surface area contributed by atoms with E-state index < -0.39 is 0 Å². The molecule has 0 aromatic heterocycles. The number of hydrogen-bond acceptors (Lipinski definition) is 2. The molecule has 1 aliphatic rings. The Balaban J connectivity index is 1.85. The van der Waals surface area contributed by atoms with E-state index >= 15 is 0 Å². The standard InChI is InChI=1S/C29H34O2/c1-20-6-8-21(9-7-20)22-11-13-27(31-17-16-30)24(18-22)23-10-12-25-26(19-23)29(4,5)15-14-28(25,2)3/h6-13,18-19,30H,14-17H2,1-5H3. The van der Waals surface area contributed by atoms with Crippen molar-refractivity contribution in [1.29, 1.82) is 0 Å². The van der Waals surface area contributed by atoms with Crippen LogP contribution in [-0.4, -0.2) is 18.3 Å². The van der Waals surface area contributed by atoms with E-state index in [1.165, 1.54) is 46.2 Å². The fourth-order valence-corrected chi connectivity index (χ4v) is 4.72. The van der Waals surface area contributed by atoms with Crippen LogP contribution in [0.3, 0.4) is 0 Å². The minimum Gasteiger partial charge on any atom is -0.491 e. The van der Waals surface area contributed by atoms with Gasteiger partial charge in [-0.3, -0.25) is 0 Å². The maximum Gasteiger partial charge on any atom is 0.127 e. The number of benzene rings is 3. The minimum atomic E-state index is 0.00453. The molecule has 0 atom stereocenters. The zero-order chi connectivity index (χ0) is 22.2. The van der Waals surface area contributed by atoms with Crippen LogP contribution in [0.4, 0.5) is 0 Å². The number of ether oxygens (including phenoxy) is 1. The summed E-state index contributed by atoms with van der Waals surface area (Å²) in [6.07, 6.45) is 2.40. The van der Waals surface area contributed by atoms with Crippen LogP contribution in [0.25, 0.3) is 22.3 Å². The lowest BCUT2D eigenvalue weighted by Gasteiger charge is -2.42. The first-order chi connectivity index (χ1) is 14.7. The molecule has 4 rings (SSSR count). The van der Waals surface area contributed by atoms with E-state index in [0.29, 0.717) is 6.61 Å². The molecule has 1 N–H and O–H groups in total. The molecule has 0 fully saturated rings. The van der Waals surface area contributed by atoms with Crippen molar-refractivity contribution >= 4 is 0 Å². The van der Waals surface area contributed by atoms with Gasteiger partial charge in [0.15, 0.2) is 0 Å². The third-order valence-electron chi connectivity index (χ3n) is 6.88. The first-order valence-corrected chi connectivity index (χ1v) is 11.3. The van der Waals surface area contributed by atoms with Gasteiger partial charge in [0.05, 0.1) is 6.61 Å². The average Bonchev–Trinajstić information content (AvgIpc) is 2.76. The maximum absolute atomic E-state index is 9.31. The number of aliphatic hydroxyl groups is 1. The Morgan fingerprint density at radius 1 is 0.742 bits per heavy atom. The maximum atomic E-state index is 9.31. The Bertz CT molecular complexity index is 1070. The van der Waals surface area contributed by atoms with Crippen LogP contribution >= 0.6 is 0 Å². The average molecular weight is 415 g/mol. The Kier molecular flexibility index (Phi) is 5.70. The molecule has 0 bridgehead atoms. The van der Waals surface area contributed by atoms with Crippen LogP contribution in [-0.2, 0) is 10.8 Å². The molecule has 0 heterocycles. The van der Waals surface area contributed by atoms with Gasteiger partial charge in [-0.25, -0.2) is 0 Å². The Morgan fingerprint density at radius 3 is 2.03 bits per heavy atom. The zero-order valence-electron chi connectivity index (χ0n) is 19.5. The van der Waals surface area contributed by atoms with E-state index in [1.807, 2.05) is 6.07 Å². The third-order valence-corrected chi connectivity index (χ3v) is 6.88. The van der Waals surface area contributed by atoms with Gasteiger partial charge in [0, 0.05) is 5.56 Å². The predicted molar refractivity (Wildman–Crippen MR) is 130 cm³/mol. The lowest BCUT2D eigenvalue weighted by molar-refractivity contribution is 0.202. The summed E-state index contributed by atoms with van der Waals surface area (Å²) >= 11 is 0. The van der Waals surface area contributed by atoms with Crippen molar-refractivity contribution in [2.24, 2.45) is 0 Å². The molecule has 2 nitrogen and oxygen atoms in total. The molecule has 0 amide bonds. The van der Waals surface area contributed by atoms with Crippen LogP contribution in [0, 0.1) is 6.92 Å². The van der Waals surface area contributed by atoms with Gasteiger partial charge in [0.1, 0.15) is 12.4 Å². The number of aliphatic hydroxyl groups excluding tert-OH is 1. The number of rotatable bonds is 5. The molecule has 0 saturated carbocycles. The first-order valence-electron chi connectivity index (χ1n) is 11.3. The van der Waals surface area contributed by atoms with Crippen LogP contribution < -0.4 is 4.74 Å². The second kappa shape index (κ2) is 8.16. The summed E-state index contributed by atoms with van der Waals surface area (Å²) in [5.41, 5.74) is 9.12. The van der Waals surface area contributed by atoms with E-state index in [1.54, 1.807) is 0 Å². The topological polar surface area (TPSA) is 29.5 Å². The summed E-state index contributed by atoms with van der Waals surface area (Å²) in [6.45, 7) is 11.8. The Morgan fingerprint density at radius 2 is 1.35 bits per heavy atom. The lowest BCUT2D eigenvalue weighted by atomic mass is 9.63. The van der Waals surface area contributed by atoms with E-state index in [4.69, 9.17) is 4.74 Å². The smallest absolute Gasteiger partial charge is 0.127 e. The third kappa shape index (κ3) is 4.27. The molecule has 162 valence electrons. The summed E-state index contributed by atoms with van der Waals surface area (Å²) in [7, 11) is 0. The molecule has 0 spiro atoms. The lowest BCUT2D eigenvalue weighted by Crippen LogP contribution is -2.33. The number of fused-ring (bicyclic) bond motifs is 1. The van der Waals surface area contributed by atoms with Crippen molar-refractivity contribution < 1.29 is 9.84 Å². The summed E-state index contributed by atoms with van der Waals surface area (Å²) in [5, 5.41) is 9.31. The highest BCUT2D eigenvalue weighted by atomic mass is 16.5. The Labute approximate surface area is 186 Å². The molecule has 3 aromatic rings. The van der Waals surface area contributed by atoms with Gasteiger partial charge in [-0.2, -0.15) is 0 Å². The van der Waals surface area contributed by atoms with E-state index in [9.17, 15) is 5.11 Å². The van der Waals surface area contributed by atoms with Gasteiger partial charge in [-0.05, 0) is 70.5 Å². The van der Waals surface area contributed by atoms with Crippen LogP contribution in [0.1, 0.15) is 57.2 Å². The molecule has 2 heteroatoms. The summed E-state index contributed by atoms with van der Waals surface area (Å²) in [6, 6.07) is 21.9. The highest BCUT2D eigenvalue weighted by Gasteiger charge is 2.37. The highest BCUT2D eigenvalue weighted by Crippen LogP contribution is 2.47. The normalized spacial score (nSPS) is 16.6. The van der Waals surface area contributed by atoms with Crippen molar-refractivity contribution in [2.75, 3.05) is 13.2 Å². The van der Waals surface area contributed by atoms with Gasteiger partial charge in [-0.15, -0.1) is 0 Å². The van der Waals surface area contributed by atoms with Crippen LogP contribution in [0.5, 0.6) is 5.75 Å². The van der Waals surface area contributed by atoms with Crippen LogP contribution in [0.2, 0.25) is 0 Å². The first kappa shape index (κ1) is 21.6. The molecule has 0 unspecified atom stereocenters. The molecule has 0 aliphatic heterocycles. The van der Waals surface area contributed by atoms with Crippen LogP contribution in [0.15, 0.2) is 60.7 Å². The molecule has 0 radical (unpaired) electrons. The highest BCUT2D eigenvalue weighted by molar-refractivity contribution is 5.78. The van der Waals surface area contributed by atoms with E-state index in [-0.39, 0.29) is 17.4 Å². The molecule has 0 saturated heterocycles. The number of hydrogen-bond donors (Lipinski definition) is 1. The van der Waals surface area contributed by atoms with E-state index in [0.717, 1.165) is 11.3 Å². The summed E-state index contributed by atoms with van der Waals surface area (Å²) < 4.78 is 5.94. The predicted octanol–water partition coefficient (Wildman–Crippen LogP) is 7.05. The van der Waals surface area contributed by atoms with Gasteiger partial charge in [0.25, 0.3) is 0 Å². The van der Waals surface area contributed by atoms with Crippen molar-refractivity contribution in [2.45, 2.75) is 58.3 Å². The van der Waals surface area contributed by atoms with Crippen molar-refractivity contribution in [3.8, 4) is 28.0 Å². The second-order valence-electron chi connectivity index (χ2n) is 10.2. The van der Waals surface area contributed by atoms with Gasteiger partial charge in [-0.1, -0.05) is 81.8 Å². The second-order valence-corrected chi connectivity index (χ2v) is 10.2. The van der Waals surface area contributed by atoms with E-state index in [2.05, 4.69) is 89.2 Å². The molecular weight excluding hydrogens is 380 g/mol. The SMILES string of the molecule is Cc1ccc(-c2ccc(OCCO)c(-c3ccc4c(c3)C(C)(C)CCC4(C)C)c2)cc1. The molecule has 3 aromatic carbocycles. The van der Waals surface area contributed by atoms with Gasteiger partial charge >= 0.3 is 0 Å². The summed E-state index contributed by atoms with van der Waals surface area (Å²) in [5.74, 6) is 0.817. The molecular formula is C29H34O2. The minimum absolute atomic E-state index is 0.00453. The number of aryl methyl sites for hydroxylation is 1. The van der Waals surface area contributed by atoms with Gasteiger partial charge in [0.2, 0.25) is 0 Å². The van der Waals surface area contributed by atoms with Crippen molar-refractivity contribution in [3.05, 3.63) is 77.4 Å². The van der Waals surface area contributed by atoms with Crippen molar-refractivity contribution in [1.82, 2.24) is 0 Å².